The van der Waals surface area contributed by atoms with Crippen LogP contribution < -0.4 is 0 Å². The normalized spacial score (nSPS) is 17.5. The molecule has 1 fully saturated rings. The van der Waals surface area contributed by atoms with Gasteiger partial charge in [0.15, 0.2) is 0 Å². The van der Waals surface area contributed by atoms with Crippen molar-refractivity contribution in [2.45, 2.75) is 26.3 Å². The highest BCUT2D eigenvalue weighted by Gasteiger charge is 2.21. The zero-order valence-corrected chi connectivity index (χ0v) is 11.4. The van der Waals surface area contributed by atoms with Gasteiger partial charge in [0.05, 0.1) is 6.20 Å². The molecule has 0 bridgehead atoms. The number of aromatic nitrogens is 2. The van der Waals surface area contributed by atoms with Crippen molar-refractivity contribution >= 4 is 5.97 Å². The number of hydrogen-bond acceptors (Lipinski definition) is 3. The van der Waals surface area contributed by atoms with Crippen molar-refractivity contribution in [3.63, 3.8) is 0 Å². The standard InChI is InChI=1S/C14H21N3O2/c1-11-7-15-17(8-11)10-13-3-5-16(6-4-13)9-12(2)14(18)19/h7-8,13H,2-6,9-10H2,1H3,(H,18,19). The number of carboxylic acid groups (broad SMARTS) is 1. The molecular formula is C14H21N3O2. The molecule has 0 radical (unpaired) electrons. The predicted octanol–water partition coefficient (Wildman–Crippen LogP) is 1.54. The van der Waals surface area contributed by atoms with E-state index in [1.165, 1.54) is 5.56 Å². The molecule has 5 nitrogen and oxygen atoms in total. The van der Waals surface area contributed by atoms with E-state index in [9.17, 15) is 4.79 Å². The average Bonchev–Trinajstić information content (AvgIpc) is 2.77. The zero-order chi connectivity index (χ0) is 13.8. The van der Waals surface area contributed by atoms with E-state index in [-0.39, 0.29) is 5.57 Å². The van der Waals surface area contributed by atoms with E-state index in [2.05, 4.69) is 22.8 Å². The summed E-state index contributed by atoms with van der Waals surface area (Å²) in [5.41, 5.74) is 1.47. The first kappa shape index (κ1) is 13.8. The van der Waals surface area contributed by atoms with Crippen molar-refractivity contribution in [2.75, 3.05) is 19.6 Å². The first-order chi connectivity index (χ1) is 9.04. The summed E-state index contributed by atoms with van der Waals surface area (Å²) in [6, 6.07) is 0. The van der Waals surface area contributed by atoms with Gasteiger partial charge in [0, 0.05) is 24.9 Å². The molecule has 0 spiro atoms. The van der Waals surface area contributed by atoms with Crippen LogP contribution in [0.3, 0.4) is 0 Å². The number of carboxylic acids is 1. The molecule has 0 unspecified atom stereocenters. The number of aliphatic carboxylic acids is 1. The molecular weight excluding hydrogens is 242 g/mol. The average molecular weight is 263 g/mol. The summed E-state index contributed by atoms with van der Waals surface area (Å²) in [6.07, 6.45) is 6.13. The monoisotopic (exact) mass is 263 g/mol. The quantitative estimate of drug-likeness (QED) is 0.819. The van der Waals surface area contributed by atoms with E-state index in [1.807, 2.05) is 17.8 Å². The van der Waals surface area contributed by atoms with Gasteiger partial charge < -0.3 is 5.11 Å². The molecule has 1 aromatic heterocycles. The van der Waals surface area contributed by atoms with Crippen LogP contribution in [-0.2, 0) is 11.3 Å². The number of nitrogens with zero attached hydrogens (tertiary/aromatic N) is 3. The molecule has 0 atom stereocenters. The summed E-state index contributed by atoms with van der Waals surface area (Å²) in [6.45, 7) is 8.95. The first-order valence-corrected chi connectivity index (χ1v) is 6.67. The number of piperidine rings is 1. The molecule has 0 saturated carbocycles. The van der Waals surface area contributed by atoms with Crippen LogP contribution in [0.1, 0.15) is 18.4 Å². The van der Waals surface area contributed by atoms with Crippen LogP contribution in [0, 0.1) is 12.8 Å². The van der Waals surface area contributed by atoms with Gasteiger partial charge in [0.1, 0.15) is 0 Å². The molecule has 5 heteroatoms. The van der Waals surface area contributed by atoms with Gasteiger partial charge >= 0.3 is 5.97 Å². The smallest absolute Gasteiger partial charge is 0.332 e. The minimum absolute atomic E-state index is 0.279. The van der Waals surface area contributed by atoms with E-state index in [4.69, 9.17) is 5.11 Å². The largest absolute Gasteiger partial charge is 0.478 e. The second-order valence-corrected chi connectivity index (χ2v) is 5.37. The van der Waals surface area contributed by atoms with E-state index >= 15 is 0 Å². The van der Waals surface area contributed by atoms with E-state index < -0.39 is 5.97 Å². The highest BCUT2D eigenvalue weighted by Crippen LogP contribution is 2.19. The second-order valence-electron chi connectivity index (χ2n) is 5.37. The van der Waals surface area contributed by atoms with Crippen molar-refractivity contribution in [3.8, 4) is 0 Å². The molecule has 1 aromatic rings. The number of likely N-dealkylation sites (tertiary alicyclic amines) is 1. The lowest BCUT2D eigenvalue weighted by Gasteiger charge is -2.31. The highest BCUT2D eigenvalue weighted by molar-refractivity contribution is 5.86. The van der Waals surface area contributed by atoms with Gasteiger partial charge in [-0.15, -0.1) is 0 Å². The van der Waals surface area contributed by atoms with Crippen molar-refractivity contribution in [1.29, 1.82) is 0 Å². The summed E-state index contributed by atoms with van der Waals surface area (Å²) in [7, 11) is 0. The molecule has 1 aliphatic rings. The van der Waals surface area contributed by atoms with Gasteiger partial charge in [-0.25, -0.2) is 4.79 Å². The Morgan fingerprint density at radius 3 is 2.74 bits per heavy atom. The summed E-state index contributed by atoms with van der Waals surface area (Å²) in [4.78, 5) is 12.9. The first-order valence-electron chi connectivity index (χ1n) is 6.67. The molecule has 1 N–H and O–H groups in total. The van der Waals surface area contributed by atoms with Crippen LogP contribution in [0.5, 0.6) is 0 Å². The van der Waals surface area contributed by atoms with Crippen LogP contribution in [0.2, 0.25) is 0 Å². The fourth-order valence-corrected chi connectivity index (χ4v) is 2.50. The number of aryl methyl sites for hydroxylation is 1. The fourth-order valence-electron chi connectivity index (χ4n) is 2.50. The molecule has 1 saturated heterocycles. The molecule has 0 aromatic carbocycles. The molecule has 0 aliphatic carbocycles. The minimum atomic E-state index is -0.894. The second kappa shape index (κ2) is 6.02. The molecule has 2 rings (SSSR count). The Hall–Kier alpha value is -1.62. The SMILES string of the molecule is C=C(CN1CCC(Cn2cc(C)cn2)CC1)C(=O)O. The molecule has 1 aliphatic heterocycles. The lowest BCUT2D eigenvalue weighted by Crippen LogP contribution is -2.37. The lowest BCUT2D eigenvalue weighted by molar-refractivity contribution is -0.132. The topological polar surface area (TPSA) is 58.4 Å². The maximum atomic E-state index is 10.7. The number of rotatable bonds is 5. The molecule has 104 valence electrons. The van der Waals surface area contributed by atoms with Crippen LogP contribution in [0.25, 0.3) is 0 Å². The van der Waals surface area contributed by atoms with E-state index in [0.29, 0.717) is 12.5 Å². The van der Waals surface area contributed by atoms with Gasteiger partial charge in [-0.3, -0.25) is 9.58 Å². The third kappa shape index (κ3) is 3.92. The van der Waals surface area contributed by atoms with Crippen molar-refractivity contribution in [1.82, 2.24) is 14.7 Å². The Kier molecular flexibility index (Phi) is 4.37. The van der Waals surface area contributed by atoms with Gasteiger partial charge in [-0.1, -0.05) is 6.58 Å². The lowest BCUT2D eigenvalue weighted by atomic mass is 9.96. The number of carbonyl (C=O) groups is 1. The van der Waals surface area contributed by atoms with E-state index in [1.54, 1.807) is 0 Å². The van der Waals surface area contributed by atoms with Gasteiger partial charge in [-0.2, -0.15) is 5.10 Å². The Labute approximate surface area is 113 Å². The summed E-state index contributed by atoms with van der Waals surface area (Å²) in [5, 5.41) is 13.1. The maximum absolute atomic E-state index is 10.7. The Balaban J connectivity index is 1.76. The van der Waals surface area contributed by atoms with Crippen LogP contribution >= 0.6 is 0 Å². The van der Waals surface area contributed by atoms with Crippen molar-refractivity contribution in [2.24, 2.45) is 5.92 Å². The highest BCUT2D eigenvalue weighted by atomic mass is 16.4. The van der Waals surface area contributed by atoms with Crippen molar-refractivity contribution < 1.29 is 9.90 Å². The Bertz CT molecular complexity index is 459. The number of hydrogen-bond donors (Lipinski definition) is 1. The summed E-state index contributed by atoms with van der Waals surface area (Å²) >= 11 is 0. The van der Waals surface area contributed by atoms with E-state index in [0.717, 1.165) is 32.5 Å². The van der Waals surface area contributed by atoms with Crippen LogP contribution in [0.4, 0.5) is 0 Å². The third-order valence-corrected chi connectivity index (χ3v) is 3.63. The minimum Gasteiger partial charge on any atom is -0.478 e. The maximum Gasteiger partial charge on any atom is 0.332 e. The molecule has 19 heavy (non-hydrogen) atoms. The summed E-state index contributed by atoms with van der Waals surface area (Å²) in [5.74, 6) is -0.261. The van der Waals surface area contributed by atoms with Gasteiger partial charge in [0.2, 0.25) is 0 Å². The molecule has 0 amide bonds. The zero-order valence-electron chi connectivity index (χ0n) is 11.4. The third-order valence-electron chi connectivity index (χ3n) is 3.63. The van der Waals surface area contributed by atoms with Crippen LogP contribution in [0.15, 0.2) is 24.5 Å². The van der Waals surface area contributed by atoms with Gasteiger partial charge in [-0.05, 0) is 44.3 Å². The Morgan fingerprint density at radius 2 is 2.21 bits per heavy atom. The fraction of sp³-hybridized carbons (Fsp3) is 0.571. The molecule has 2 heterocycles. The van der Waals surface area contributed by atoms with Crippen LogP contribution in [-0.4, -0.2) is 45.4 Å². The Morgan fingerprint density at radius 1 is 1.53 bits per heavy atom. The van der Waals surface area contributed by atoms with Crippen molar-refractivity contribution in [3.05, 3.63) is 30.1 Å². The summed E-state index contributed by atoms with van der Waals surface area (Å²) < 4.78 is 2.01. The van der Waals surface area contributed by atoms with Gasteiger partial charge in [0.25, 0.3) is 0 Å². The predicted molar refractivity (Wildman–Crippen MR) is 72.9 cm³/mol.